The third-order valence-corrected chi connectivity index (χ3v) is 8.45. The van der Waals surface area contributed by atoms with Crippen LogP contribution in [0.4, 0.5) is 11.4 Å². The van der Waals surface area contributed by atoms with Gasteiger partial charge in [0, 0.05) is 46.2 Å². The van der Waals surface area contributed by atoms with Crippen molar-refractivity contribution in [1.29, 1.82) is 0 Å². The highest BCUT2D eigenvalue weighted by molar-refractivity contribution is 7.10. The van der Waals surface area contributed by atoms with E-state index in [1.807, 2.05) is 54.0 Å². The molecule has 1 unspecified atom stereocenters. The maximum atomic E-state index is 13.7. The van der Waals surface area contributed by atoms with E-state index in [2.05, 4.69) is 52.6 Å². The molecule has 1 amide bonds. The number of H-pyrrole nitrogens is 1. The number of carbonyl (C=O) groups excluding carboxylic acids is 2. The molecule has 4 aromatic rings. The van der Waals surface area contributed by atoms with Gasteiger partial charge in [0.15, 0.2) is 5.78 Å². The second-order valence-electron chi connectivity index (χ2n) is 11.0. The first-order valence-electron chi connectivity index (χ1n) is 13.1. The minimum absolute atomic E-state index is 0.0613. The molecule has 2 aromatic carbocycles. The summed E-state index contributed by atoms with van der Waals surface area (Å²) in [6, 6.07) is 20.0. The van der Waals surface area contributed by atoms with E-state index in [-0.39, 0.29) is 29.7 Å². The molecule has 194 valence electrons. The van der Waals surface area contributed by atoms with Crippen molar-refractivity contribution in [3.05, 3.63) is 94.0 Å². The summed E-state index contributed by atoms with van der Waals surface area (Å²) in [6.45, 7) is 4.99. The normalized spacial score (nSPS) is 18.5. The Kier molecular flexibility index (Phi) is 6.32. The second kappa shape index (κ2) is 9.80. The van der Waals surface area contributed by atoms with Crippen LogP contribution in [0.5, 0.6) is 0 Å². The summed E-state index contributed by atoms with van der Waals surface area (Å²) in [6.07, 6.45) is 4.04. The number of rotatable bonds is 6. The van der Waals surface area contributed by atoms with Gasteiger partial charge in [-0.1, -0.05) is 50.2 Å². The third kappa shape index (κ3) is 4.63. The highest BCUT2D eigenvalue weighted by atomic mass is 32.1. The van der Waals surface area contributed by atoms with Crippen molar-refractivity contribution in [2.24, 2.45) is 5.41 Å². The summed E-state index contributed by atoms with van der Waals surface area (Å²) >= 11 is 1.63. The number of thiophene rings is 1. The number of nitrogens with zero attached hydrogens (tertiary/aromatic N) is 1. The maximum absolute atomic E-state index is 13.7. The van der Waals surface area contributed by atoms with Crippen LogP contribution in [-0.4, -0.2) is 29.8 Å². The summed E-state index contributed by atoms with van der Waals surface area (Å²) in [5.74, 6) is 0.0912. The largest absolute Gasteiger partial charge is 0.361 e. The molecule has 0 bridgehead atoms. The van der Waals surface area contributed by atoms with Gasteiger partial charge in [-0.25, -0.2) is 0 Å². The minimum Gasteiger partial charge on any atom is -0.361 e. The number of fused-ring (bicyclic) bond motifs is 2. The highest BCUT2D eigenvalue weighted by Gasteiger charge is 2.42. The molecule has 0 spiro atoms. The number of amides is 1. The van der Waals surface area contributed by atoms with Crippen molar-refractivity contribution in [3.8, 4) is 0 Å². The van der Waals surface area contributed by atoms with Crippen molar-refractivity contribution in [1.82, 2.24) is 10.3 Å². The monoisotopic (exact) mass is 524 g/mol. The molecule has 6 rings (SSSR count). The number of hydrogen-bond donors (Lipinski definition) is 3. The standard InChI is InChI=1S/C31H32N4O2S/c1-31(2)16-24-29(26(36)17-31)30(27-12-7-15-38-27)35(25-11-6-5-10-23(25)34-24)19-28(37)32-14-13-20-18-33-22-9-4-3-8-21(20)22/h3-12,15,18,30,33-34H,13-14,16-17,19H2,1-2H3,(H,32,37). The lowest BCUT2D eigenvalue weighted by Crippen LogP contribution is -2.42. The van der Waals surface area contributed by atoms with E-state index < -0.39 is 0 Å². The second-order valence-corrected chi connectivity index (χ2v) is 12.0. The van der Waals surface area contributed by atoms with Crippen LogP contribution in [0.2, 0.25) is 0 Å². The van der Waals surface area contributed by atoms with Crippen molar-refractivity contribution >= 4 is 45.3 Å². The topological polar surface area (TPSA) is 77.2 Å². The first-order valence-corrected chi connectivity index (χ1v) is 14.0. The Balaban J connectivity index is 1.30. The number of aromatic amines is 1. The third-order valence-electron chi connectivity index (χ3n) is 7.52. The number of para-hydroxylation sites is 3. The van der Waals surface area contributed by atoms with Gasteiger partial charge in [0.1, 0.15) is 0 Å². The van der Waals surface area contributed by atoms with E-state index in [1.165, 1.54) is 10.9 Å². The Morgan fingerprint density at radius 3 is 2.74 bits per heavy atom. The lowest BCUT2D eigenvalue weighted by atomic mass is 9.74. The molecule has 0 saturated carbocycles. The number of anilines is 2. The number of aromatic nitrogens is 1. The van der Waals surface area contributed by atoms with E-state index in [0.29, 0.717) is 13.0 Å². The van der Waals surface area contributed by atoms with Gasteiger partial charge in [0.25, 0.3) is 0 Å². The van der Waals surface area contributed by atoms with Gasteiger partial charge in [-0.15, -0.1) is 11.3 Å². The smallest absolute Gasteiger partial charge is 0.239 e. The predicted molar refractivity (Wildman–Crippen MR) is 155 cm³/mol. The molecule has 3 heterocycles. The average molecular weight is 525 g/mol. The molecule has 7 heteroatoms. The fraction of sp³-hybridized carbons (Fsp3) is 0.290. The van der Waals surface area contributed by atoms with Crippen molar-refractivity contribution in [2.75, 3.05) is 23.3 Å². The number of carbonyl (C=O) groups is 2. The average Bonchev–Trinajstić information content (AvgIpc) is 3.53. The zero-order valence-corrected chi connectivity index (χ0v) is 22.5. The maximum Gasteiger partial charge on any atom is 0.239 e. The van der Waals surface area contributed by atoms with Crippen LogP contribution in [0.25, 0.3) is 10.9 Å². The first kappa shape index (κ1) is 24.5. The molecule has 0 fully saturated rings. The zero-order chi connectivity index (χ0) is 26.3. The van der Waals surface area contributed by atoms with Crippen LogP contribution in [0.3, 0.4) is 0 Å². The molecule has 1 aliphatic heterocycles. The van der Waals surface area contributed by atoms with Gasteiger partial charge in [0.2, 0.25) is 5.91 Å². The Labute approximate surface area is 226 Å². The van der Waals surface area contributed by atoms with Gasteiger partial charge in [0.05, 0.1) is 24.0 Å². The lowest BCUT2D eigenvalue weighted by Gasteiger charge is -2.37. The fourth-order valence-corrected chi connectivity index (χ4v) is 6.70. The van der Waals surface area contributed by atoms with Crippen LogP contribution >= 0.6 is 11.3 Å². The number of nitrogens with one attached hydrogen (secondary N) is 3. The van der Waals surface area contributed by atoms with Crippen molar-refractivity contribution in [3.63, 3.8) is 0 Å². The Bertz CT molecular complexity index is 1530. The van der Waals surface area contributed by atoms with Gasteiger partial charge < -0.3 is 20.5 Å². The van der Waals surface area contributed by atoms with E-state index in [1.54, 1.807) is 11.3 Å². The summed E-state index contributed by atoms with van der Waals surface area (Å²) in [7, 11) is 0. The van der Waals surface area contributed by atoms with Gasteiger partial charge in [-0.2, -0.15) is 0 Å². The number of hydrogen-bond acceptors (Lipinski definition) is 5. The predicted octanol–water partition coefficient (Wildman–Crippen LogP) is 6.20. The van der Waals surface area contributed by atoms with Gasteiger partial charge in [-0.05, 0) is 53.5 Å². The van der Waals surface area contributed by atoms with Crippen LogP contribution in [0.15, 0.2) is 83.5 Å². The summed E-state index contributed by atoms with van der Waals surface area (Å²) < 4.78 is 0. The van der Waals surface area contributed by atoms with Crippen molar-refractivity contribution < 1.29 is 9.59 Å². The van der Waals surface area contributed by atoms with E-state index >= 15 is 0 Å². The number of benzene rings is 2. The first-order chi connectivity index (χ1) is 18.4. The van der Waals surface area contributed by atoms with Crippen LogP contribution in [0, 0.1) is 5.41 Å². The van der Waals surface area contributed by atoms with Crippen molar-refractivity contribution in [2.45, 2.75) is 39.2 Å². The Morgan fingerprint density at radius 1 is 1.08 bits per heavy atom. The zero-order valence-electron chi connectivity index (χ0n) is 21.7. The molecule has 2 aliphatic rings. The molecule has 1 aliphatic carbocycles. The van der Waals surface area contributed by atoms with Gasteiger partial charge in [-0.3, -0.25) is 9.59 Å². The Morgan fingerprint density at radius 2 is 1.89 bits per heavy atom. The molecular formula is C31H32N4O2S. The fourth-order valence-electron chi connectivity index (χ4n) is 5.86. The van der Waals surface area contributed by atoms with E-state index in [4.69, 9.17) is 0 Å². The highest BCUT2D eigenvalue weighted by Crippen LogP contribution is 2.48. The molecule has 1 atom stereocenters. The van der Waals surface area contributed by atoms with Crippen LogP contribution in [0.1, 0.15) is 43.2 Å². The SMILES string of the molecule is CC1(C)CC(=O)C2=C(C1)Nc1ccccc1N(CC(=O)NCCc1c[nH]c3ccccc13)C2c1cccs1. The van der Waals surface area contributed by atoms with E-state index in [0.717, 1.165) is 45.9 Å². The molecular weight excluding hydrogens is 492 g/mol. The van der Waals surface area contributed by atoms with Crippen LogP contribution < -0.4 is 15.5 Å². The van der Waals surface area contributed by atoms with E-state index in [9.17, 15) is 9.59 Å². The lowest BCUT2D eigenvalue weighted by molar-refractivity contribution is -0.120. The number of ketones is 1. The number of allylic oxidation sites excluding steroid dienone is 1. The summed E-state index contributed by atoms with van der Waals surface area (Å²) in [4.78, 5) is 33.6. The molecule has 0 radical (unpaired) electrons. The molecule has 3 N–H and O–H groups in total. The Hall–Kier alpha value is -3.84. The minimum atomic E-state index is -0.316. The van der Waals surface area contributed by atoms with Gasteiger partial charge >= 0.3 is 0 Å². The molecule has 2 aromatic heterocycles. The number of Topliss-reactive ketones (excluding diaryl/α,β-unsaturated/α-hetero) is 1. The molecule has 6 nitrogen and oxygen atoms in total. The van der Waals surface area contributed by atoms with Crippen LogP contribution in [-0.2, 0) is 16.0 Å². The summed E-state index contributed by atoms with van der Waals surface area (Å²) in [5, 5.41) is 9.97. The molecule has 38 heavy (non-hydrogen) atoms. The molecule has 0 saturated heterocycles. The summed E-state index contributed by atoms with van der Waals surface area (Å²) in [5.41, 5.74) is 5.78. The quantitative estimate of drug-likeness (QED) is 0.280.